The molecule has 0 fully saturated rings. The van der Waals surface area contributed by atoms with E-state index in [0.29, 0.717) is 16.3 Å². The van der Waals surface area contributed by atoms with Crippen molar-refractivity contribution in [3.05, 3.63) is 53.2 Å². The van der Waals surface area contributed by atoms with Crippen LogP contribution in [0.3, 0.4) is 0 Å². The summed E-state index contributed by atoms with van der Waals surface area (Å²) >= 11 is 5.82. The average Bonchev–Trinajstić information content (AvgIpc) is 2.48. The lowest BCUT2D eigenvalue weighted by molar-refractivity contribution is 0.0601. The zero-order valence-corrected chi connectivity index (χ0v) is 12.6. The van der Waals surface area contributed by atoms with Gasteiger partial charge < -0.3 is 4.74 Å². The largest absolute Gasteiger partial charge is 0.465 e. The molecule has 106 valence electrons. The van der Waals surface area contributed by atoms with Crippen molar-refractivity contribution in [2.24, 2.45) is 0 Å². The second kappa shape index (κ2) is 8.33. The number of hydrogen-bond acceptors (Lipinski definition) is 3. The Morgan fingerprint density at radius 3 is 2.35 bits per heavy atom. The molecular weight excluding hydrogens is 274 g/mol. The molecule has 1 aromatic carbocycles. The quantitative estimate of drug-likeness (QED) is 0.759. The first-order valence-corrected chi connectivity index (χ1v) is 6.81. The molecule has 3 nitrogen and oxygen atoms in total. The molecule has 0 unspecified atom stereocenters. The van der Waals surface area contributed by atoms with Crippen molar-refractivity contribution in [2.75, 3.05) is 7.11 Å². The summed E-state index contributed by atoms with van der Waals surface area (Å²) in [6, 6.07) is 10.5. The predicted molar refractivity (Wildman–Crippen MR) is 82.0 cm³/mol. The van der Waals surface area contributed by atoms with Crippen LogP contribution in [0.4, 0.5) is 0 Å². The zero-order chi connectivity index (χ0) is 15.0. The summed E-state index contributed by atoms with van der Waals surface area (Å²) in [6.07, 6.45) is 2.89. The molecule has 4 heteroatoms. The van der Waals surface area contributed by atoms with Crippen molar-refractivity contribution in [3.63, 3.8) is 0 Å². The van der Waals surface area contributed by atoms with Crippen molar-refractivity contribution in [1.82, 2.24) is 4.98 Å². The summed E-state index contributed by atoms with van der Waals surface area (Å²) in [5.41, 5.74) is 1.86. The maximum Gasteiger partial charge on any atom is 0.340 e. The average molecular weight is 292 g/mol. The molecule has 0 saturated carbocycles. The van der Waals surface area contributed by atoms with Crippen molar-refractivity contribution in [1.29, 1.82) is 0 Å². The van der Waals surface area contributed by atoms with E-state index in [1.54, 1.807) is 30.5 Å². The zero-order valence-electron chi connectivity index (χ0n) is 11.9. The van der Waals surface area contributed by atoms with Gasteiger partial charge in [-0.15, -0.1) is 0 Å². The topological polar surface area (TPSA) is 39.2 Å². The van der Waals surface area contributed by atoms with Crippen LogP contribution in [0.5, 0.6) is 0 Å². The van der Waals surface area contributed by atoms with Crippen LogP contribution in [-0.2, 0) is 4.74 Å². The second-order valence-corrected chi connectivity index (χ2v) is 4.54. The number of methoxy groups -OCH3 is 1. The molecule has 2 rings (SSSR count). The Kier molecular flexibility index (Phi) is 6.74. The molecule has 0 spiro atoms. The van der Waals surface area contributed by atoms with Gasteiger partial charge in [0.1, 0.15) is 0 Å². The van der Waals surface area contributed by atoms with E-state index in [9.17, 15) is 4.79 Å². The molecule has 2 aromatic rings. The summed E-state index contributed by atoms with van der Waals surface area (Å²) in [4.78, 5) is 15.8. The number of esters is 1. The molecule has 0 saturated heterocycles. The first kappa shape index (κ1) is 16.2. The van der Waals surface area contributed by atoms with E-state index in [-0.39, 0.29) is 0 Å². The minimum absolute atomic E-state index is 0.400. The normalized spacial score (nSPS) is 9.40. The lowest BCUT2D eigenvalue weighted by Gasteiger charge is -2.06. The molecule has 1 aromatic heterocycles. The highest BCUT2D eigenvalue weighted by Gasteiger charge is 2.13. The van der Waals surface area contributed by atoms with Crippen LogP contribution in [0, 0.1) is 0 Å². The first-order chi connectivity index (χ1) is 9.63. The fraction of sp³-hybridized carbons (Fsp3) is 0.250. The standard InChI is InChI=1S/C13H10ClNO2.C3H8/c1-17-13(16)11-3-2-8-15-12(11)9-4-6-10(14)7-5-9;1-3-2/h2-8H,1H3;3H2,1-2H3. The number of nitrogens with zero attached hydrogens (tertiary/aromatic N) is 1. The number of hydrogen-bond donors (Lipinski definition) is 0. The molecule has 20 heavy (non-hydrogen) atoms. The third kappa shape index (κ3) is 4.35. The van der Waals surface area contributed by atoms with Gasteiger partial charge in [-0.2, -0.15) is 0 Å². The Morgan fingerprint density at radius 2 is 1.80 bits per heavy atom. The van der Waals surface area contributed by atoms with Crippen LogP contribution in [0.15, 0.2) is 42.6 Å². The fourth-order valence-electron chi connectivity index (χ4n) is 1.52. The second-order valence-electron chi connectivity index (χ2n) is 4.11. The molecule has 0 aliphatic rings. The molecule has 0 bridgehead atoms. The molecular formula is C16H18ClNO2. The van der Waals surface area contributed by atoms with Crippen molar-refractivity contribution in [2.45, 2.75) is 20.3 Å². The first-order valence-electron chi connectivity index (χ1n) is 6.43. The van der Waals surface area contributed by atoms with Crippen LogP contribution in [0.1, 0.15) is 30.6 Å². The Hall–Kier alpha value is -1.87. The summed E-state index contributed by atoms with van der Waals surface area (Å²) < 4.78 is 4.72. The number of aromatic nitrogens is 1. The van der Waals surface area contributed by atoms with Crippen LogP contribution >= 0.6 is 11.6 Å². The van der Waals surface area contributed by atoms with Gasteiger partial charge in [-0.25, -0.2) is 4.79 Å². The lowest BCUT2D eigenvalue weighted by atomic mass is 10.1. The van der Waals surface area contributed by atoms with Gasteiger partial charge in [0.15, 0.2) is 0 Å². The van der Waals surface area contributed by atoms with E-state index >= 15 is 0 Å². The molecule has 1 heterocycles. The highest BCUT2D eigenvalue weighted by Crippen LogP contribution is 2.23. The van der Waals surface area contributed by atoms with Gasteiger partial charge in [-0.3, -0.25) is 4.98 Å². The third-order valence-electron chi connectivity index (χ3n) is 2.33. The van der Waals surface area contributed by atoms with Crippen molar-refractivity contribution < 1.29 is 9.53 Å². The van der Waals surface area contributed by atoms with Crippen molar-refractivity contribution in [3.8, 4) is 11.3 Å². The van der Waals surface area contributed by atoms with E-state index in [2.05, 4.69) is 18.8 Å². The van der Waals surface area contributed by atoms with Gasteiger partial charge in [0.2, 0.25) is 0 Å². The van der Waals surface area contributed by atoms with Gasteiger partial charge in [-0.1, -0.05) is 44.0 Å². The minimum Gasteiger partial charge on any atom is -0.465 e. The van der Waals surface area contributed by atoms with Gasteiger partial charge in [0, 0.05) is 16.8 Å². The number of carbonyl (C=O) groups is 1. The molecule has 0 aliphatic heterocycles. The number of pyridine rings is 1. The van der Waals surface area contributed by atoms with E-state index < -0.39 is 5.97 Å². The van der Waals surface area contributed by atoms with E-state index in [1.165, 1.54) is 13.5 Å². The Labute approximate surface area is 124 Å². The van der Waals surface area contributed by atoms with Gasteiger partial charge in [0.25, 0.3) is 0 Å². The SMILES string of the molecule is CCC.COC(=O)c1cccnc1-c1ccc(Cl)cc1. The molecule has 0 atom stereocenters. The smallest absolute Gasteiger partial charge is 0.340 e. The number of halogens is 1. The van der Waals surface area contributed by atoms with Gasteiger partial charge >= 0.3 is 5.97 Å². The lowest BCUT2D eigenvalue weighted by Crippen LogP contribution is -2.04. The van der Waals surface area contributed by atoms with Crippen LogP contribution in [-0.4, -0.2) is 18.1 Å². The summed E-state index contributed by atoms with van der Waals surface area (Å²) in [5.74, 6) is -0.400. The number of ether oxygens (including phenoxy) is 1. The van der Waals surface area contributed by atoms with E-state index in [0.717, 1.165) is 5.56 Å². The van der Waals surface area contributed by atoms with Gasteiger partial charge in [0.05, 0.1) is 18.4 Å². The highest BCUT2D eigenvalue weighted by atomic mass is 35.5. The van der Waals surface area contributed by atoms with Crippen LogP contribution < -0.4 is 0 Å². The van der Waals surface area contributed by atoms with Crippen LogP contribution in [0.25, 0.3) is 11.3 Å². The number of benzene rings is 1. The monoisotopic (exact) mass is 291 g/mol. The van der Waals surface area contributed by atoms with Crippen LogP contribution in [0.2, 0.25) is 5.02 Å². The highest BCUT2D eigenvalue weighted by molar-refractivity contribution is 6.30. The summed E-state index contributed by atoms with van der Waals surface area (Å²) in [7, 11) is 1.35. The van der Waals surface area contributed by atoms with Gasteiger partial charge in [-0.05, 0) is 24.3 Å². The molecule has 0 amide bonds. The molecule has 0 radical (unpaired) electrons. The van der Waals surface area contributed by atoms with Crippen molar-refractivity contribution >= 4 is 17.6 Å². The summed E-state index contributed by atoms with van der Waals surface area (Å²) in [5, 5.41) is 0.643. The Balaban J connectivity index is 0.000000612. The van der Waals surface area contributed by atoms with E-state index in [1.807, 2.05) is 12.1 Å². The minimum atomic E-state index is -0.400. The third-order valence-corrected chi connectivity index (χ3v) is 2.58. The number of carbonyl (C=O) groups excluding carboxylic acids is 1. The number of rotatable bonds is 2. The Morgan fingerprint density at radius 1 is 1.20 bits per heavy atom. The van der Waals surface area contributed by atoms with E-state index in [4.69, 9.17) is 16.3 Å². The predicted octanol–water partition coefficient (Wildman–Crippen LogP) is 4.60. The Bertz CT molecular complexity index is 553. The summed E-state index contributed by atoms with van der Waals surface area (Å²) in [6.45, 7) is 4.25. The molecule has 0 N–H and O–H groups in total. The fourth-order valence-corrected chi connectivity index (χ4v) is 1.64. The maximum atomic E-state index is 11.6. The maximum absolute atomic E-state index is 11.6. The molecule has 0 aliphatic carbocycles.